The predicted molar refractivity (Wildman–Crippen MR) is 87.2 cm³/mol. The van der Waals surface area contributed by atoms with Crippen molar-refractivity contribution in [2.45, 2.75) is 6.92 Å². The Morgan fingerprint density at radius 2 is 1.78 bits per heavy atom. The van der Waals surface area contributed by atoms with Crippen molar-refractivity contribution in [3.63, 3.8) is 0 Å². The van der Waals surface area contributed by atoms with Crippen LogP contribution in [0.2, 0.25) is 0 Å². The number of aryl methyl sites for hydroxylation is 1. The molecule has 0 amide bonds. The number of benzene rings is 2. The topological polar surface area (TPSA) is 69.0 Å². The van der Waals surface area contributed by atoms with E-state index >= 15 is 0 Å². The van der Waals surface area contributed by atoms with E-state index in [4.69, 9.17) is 4.74 Å². The molecular formula is C17H16N4O2. The lowest BCUT2D eigenvalue weighted by atomic mass is 10.2. The number of nitrogens with zero attached hydrogens (tertiary/aromatic N) is 3. The summed E-state index contributed by atoms with van der Waals surface area (Å²) in [6.07, 6.45) is 0. The van der Waals surface area contributed by atoms with Gasteiger partial charge in [0.15, 0.2) is 0 Å². The lowest BCUT2D eigenvalue weighted by Crippen LogP contribution is -2.05. The molecule has 0 saturated carbocycles. The van der Waals surface area contributed by atoms with Crippen LogP contribution in [-0.2, 0) is 4.74 Å². The average molecular weight is 308 g/mol. The van der Waals surface area contributed by atoms with Crippen molar-refractivity contribution >= 4 is 17.6 Å². The predicted octanol–water partition coefficient (Wildman–Crippen LogP) is 3.11. The quantitative estimate of drug-likeness (QED) is 0.750. The van der Waals surface area contributed by atoms with Gasteiger partial charge in [-0.2, -0.15) is 9.67 Å². The Morgan fingerprint density at radius 1 is 1.09 bits per heavy atom. The van der Waals surface area contributed by atoms with Gasteiger partial charge in [0.25, 0.3) is 5.82 Å². The highest BCUT2D eigenvalue weighted by atomic mass is 16.5. The number of anilines is 2. The number of carbonyl (C=O) groups excluding carboxylic acids is 1. The zero-order valence-electron chi connectivity index (χ0n) is 12.9. The van der Waals surface area contributed by atoms with Crippen LogP contribution < -0.4 is 5.32 Å². The van der Waals surface area contributed by atoms with Crippen LogP contribution in [0.1, 0.15) is 16.2 Å². The molecule has 3 aromatic rings. The summed E-state index contributed by atoms with van der Waals surface area (Å²) in [7, 11) is 1.30. The maximum absolute atomic E-state index is 11.7. The average Bonchev–Trinajstić information content (AvgIpc) is 3.01. The number of carbonyl (C=O) groups is 1. The summed E-state index contributed by atoms with van der Waals surface area (Å²) in [4.78, 5) is 16.0. The Labute approximate surface area is 133 Å². The summed E-state index contributed by atoms with van der Waals surface area (Å²) in [5.74, 6) is -0.127. The zero-order chi connectivity index (χ0) is 16.2. The van der Waals surface area contributed by atoms with Crippen molar-refractivity contribution < 1.29 is 9.53 Å². The summed E-state index contributed by atoms with van der Waals surface area (Å²) in [6.45, 7) is 2.02. The van der Waals surface area contributed by atoms with E-state index in [-0.39, 0.29) is 5.82 Å². The first-order chi connectivity index (χ1) is 11.2. The first-order valence-corrected chi connectivity index (χ1v) is 7.12. The Balaban J connectivity index is 2.01. The number of rotatable bonds is 4. The smallest absolute Gasteiger partial charge is 0.378 e. The van der Waals surface area contributed by atoms with Crippen molar-refractivity contribution in [1.82, 2.24) is 14.8 Å². The van der Waals surface area contributed by atoms with Crippen LogP contribution in [0, 0.1) is 6.92 Å². The number of para-hydroxylation sites is 1. The molecule has 116 valence electrons. The second kappa shape index (κ2) is 6.31. The van der Waals surface area contributed by atoms with Crippen molar-refractivity contribution in [3.05, 3.63) is 66.0 Å². The van der Waals surface area contributed by atoms with Gasteiger partial charge in [0, 0.05) is 5.69 Å². The van der Waals surface area contributed by atoms with E-state index < -0.39 is 5.97 Å². The molecule has 6 nitrogen and oxygen atoms in total. The first-order valence-electron chi connectivity index (χ1n) is 7.12. The molecule has 3 rings (SSSR count). The van der Waals surface area contributed by atoms with Crippen molar-refractivity contribution in [2.24, 2.45) is 0 Å². The first kappa shape index (κ1) is 14.8. The molecule has 0 radical (unpaired) electrons. The van der Waals surface area contributed by atoms with Gasteiger partial charge in [-0.3, -0.25) is 0 Å². The van der Waals surface area contributed by atoms with Gasteiger partial charge >= 0.3 is 5.97 Å². The van der Waals surface area contributed by atoms with E-state index in [2.05, 4.69) is 15.4 Å². The number of esters is 1. The van der Waals surface area contributed by atoms with E-state index in [1.54, 1.807) is 4.68 Å². The number of ether oxygens (including phenoxy) is 1. The molecule has 2 aromatic carbocycles. The third-order valence-electron chi connectivity index (χ3n) is 3.28. The molecule has 1 heterocycles. The molecule has 1 N–H and O–H groups in total. The number of nitrogens with one attached hydrogen (secondary N) is 1. The monoisotopic (exact) mass is 308 g/mol. The lowest BCUT2D eigenvalue weighted by Gasteiger charge is -2.08. The van der Waals surface area contributed by atoms with Crippen LogP contribution in [0.25, 0.3) is 5.69 Å². The third-order valence-corrected chi connectivity index (χ3v) is 3.28. The van der Waals surface area contributed by atoms with E-state index in [9.17, 15) is 4.79 Å². The second-order valence-electron chi connectivity index (χ2n) is 4.99. The normalized spacial score (nSPS) is 10.3. The van der Waals surface area contributed by atoms with Gasteiger partial charge in [-0.05, 0) is 31.2 Å². The van der Waals surface area contributed by atoms with Gasteiger partial charge < -0.3 is 10.1 Å². The summed E-state index contributed by atoms with van der Waals surface area (Å²) >= 11 is 0. The highest BCUT2D eigenvalue weighted by molar-refractivity contribution is 5.85. The number of methoxy groups -OCH3 is 1. The Hall–Kier alpha value is -3.15. The van der Waals surface area contributed by atoms with E-state index in [1.165, 1.54) is 7.11 Å². The third kappa shape index (κ3) is 3.21. The molecule has 0 aliphatic heterocycles. The minimum absolute atomic E-state index is 0.00552. The Bertz CT molecular complexity index is 810. The van der Waals surface area contributed by atoms with Gasteiger partial charge in [-0.25, -0.2) is 4.79 Å². The van der Waals surface area contributed by atoms with Crippen LogP contribution in [0.3, 0.4) is 0 Å². The van der Waals surface area contributed by atoms with Crippen LogP contribution >= 0.6 is 0 Å². The van der Waals surface area contributed by atoms with Crippen molar-refractivity contribution in [3.8, 4) is 5.69 Å². The number of hydrogen-bond acceptors (Lipinski definition) is 5. The Morgan fingerprint density at radius 3 is 2.43 bits per heavy atom. The van der Waals surface area contributed by atoms with Crippen LogP contribution in [0.15, 0.2) is 54.6 Å². The molecular weight excluding hydrogens is 292 g/mol. The van der Waals surface area contributed by atoms with Crippen LogP contribution in [-0.4, -0.2) is 27.8 Å². The van der Waals surface area contributed by atoms with Gasteiger partial charge in [0.05, 0.1) is 12.8 Å². The SMILES string of the molecule is COC(=O)c1nc(Nc2ccc(C)cc2)n(-c2ccccc2)n1. The van der Waals surface area contributed by atoms with Gasteiger partial charge in [-0.15, -0.1) is 5.10 Å². The number of aromatic nitrogens is 3. The molecule has 23 heavy (non-hydrogen) atoms. The van der Waals surface area contributed by atoms with Crippen molar-refractivity contribution in [1.29, 1.82) is 0 Å². The zero-order valence-corrected chi connectivity index (χ0v) is 12.9. The number of hydrogen-bond donors (Lipinski definition) is 1. The molecule has 0 atom stereocenters. The molecule has 0 spiro atoms. The fraction of sp³-hybridized carbons (Fsp3) is 0.118. The molecule has 1 aromatic heterocycles. The van der Waals surface area contributed by atoms with E-state index in [0.717, 1.165) is 16.9 Å². The molecule has 0 unspecified atom stereocenters. The van der Waals surface area contributed by atoms with Crippen LogP contribution in [0.5, 0.6) is 0 Å². The van der Waals surface area contributed by atoms with Gasteiger partial charge in [-0.1, -0.05) is 35.9 Å². The van der Waals surface area contributed by atoms with Crippen LogP contribution in [0.4, 0.5) is 11.6 Å². The lowest BCUT2D eigenvalue weighted by molar-refractivity contribution is 0.0587. The minimum Gasteiger partial charge on any atom is -0.463 e. The largest absolute Gasteiger partial charge is 0.463 e. The summed E-state index contributed by atoms with van der Waals surface area (Å²) < 4.78 is 6.28. The molecule has 0 bridgehead atoms. The standard InChI is InChI=1S/C17H16N4O2/c1-12-8-10-13(11-9-12)18-17-19-15(16(22)23-2)20-21(17)14-6-4-3-5-7-14/h3-11H,1-2H3,(H,18,19,20). The van der Waals surface area contributed by atoms with E-state index in [0.29, 0.717) is 5.95 Å². The highest BCUT2D eigenvalue weighted by Gasteiger charge is 2.18. The summed E-state index contributed by atoms with van der Waals surface area (Å²) in [5, 5.41) is 7.41. The molecule has 6 heteroatoms. The maximum Gasteiger partial charge on any atom is 0.378 e. The fourth-order valence-corrected chi connectivity index (χ4v) is 2.09. The summed E-state index contributed by atoms with van der Waals surface area (Å²) in [5.41, 5.74) is 2.82. The van der Waals surface area contributed by atoms with Crippen molar-refractivity contribution in [2.75, 3.05) is 12.4 Å². The minimum atomic E-state index is -0.577. The Kier molecular flexibility index (Phi) is 4.05. The fourth-order valence-electron chi connectivity index (χ4n) is 2.09. The maximum atomic E-state index is 11.7. The molecule has 0 fully saturated rings. The van der Waals surface area contributed by atoms with Gasteiger partial charge in [0.1, 0.15) is 0 Å². The highest BCUT2D eigenvalue weighted by Crippen LogP contribution is 2.19. The molecule has 0 saturated heterocycles. The second-order valence-corrected chi connectivity index (χ2v) is 4.99. The van der Waals surface area contributed by atoms with Gasteiger partial charge in [0.2, 0.25) is 5.95 Å². The molecule has 0 aliphatic rings. The molecule has 0 aliphatic carbocycles. The van der Waals surface area contributed by atoms with E-state index in [1.807, 2.05) is 61.5 Å². The summed E-state index contributed by atoms with van der Waals surface area (Å²) in [6, 6.07) is 17.3.